The van der Waals surface area contributed by atoms with Crippen LogP contribution in [0.5, 0.6) is 5.75 Å². The van der Waals surface area contributed by atoms with Crippen molar-refractivity contribution in [2.45, 2.75) is 65.4 Å². The van der Waals surface area contributed by atoms with E-state index in [0.29, 0.717) is 41.6 Å². The largest absolute Gasteiger partial charge is 0.490 e. The second kappa shape index (κ2) is 6.37. The number of para-hydroxylation sites is 1. The van der Waals surface area contributed by atoms with Crippen LogP contribution in [0.1, 0.15) is 59.3 Å². The summed E-state index contributed by atoms with van der Waals surface area (Å²) in [4.78, 5) is 12.0. The molecule has 0 bridgehead atoms. The number of benzene rings is 1. The van der Waals surface area contributed by atoms with E-state index in [9.17, 15) is 4.79 Å². The normalized spacial score (nSPS) is 44.6. The molecule has 1 aromatic rings. The van der Waals surface area contributed by atoms with Crippen molar-refractivity contribution in [2.75, 3.05) is 0 Å². The molecule has 4 aliphatic rings. The molecule has 3 heteroatoms. The lowest BCUT2D eigenvalue weighted by Gasteiger charge is -2.58. The van der Waals surface area contributed by atoms with Gasteiger partial charge >= 0.3 is 0 Å². The fraction of sp³-hybridized carbons (Fsp3) is 0.640. The molecule has 2 unspecified atom stereocenters. The van der Waals surface area contributed by atoms with Gasteiger partial charge in [-0.15, -0.1) is 0 Å². The summed E-state index contributed by atoms with van der Waals surface area (Å²) in [6, 6.07) is 10.3. The lowest BCUT2D eigenvalue weighted by molar-refractivity contribution is -0.125. The van der Waals surface area contributed by atoms with Crippen LogP contribution < -0.4 is 10.1 Å². The Balaban J connectivity index is 1.43. The van der Waals surface area contributed by atoms with Crippen molar-refractivity contribution in [2.24, 2.45) is 34.5 Å². The zero-order valence-corrected chi connectivity index (χ0v) is 17.4. The van der Waals surface area contributed by atoms with Crippen LogP contribution in [0.4, 0.5) is 0 Å². The molecule has 1 aliphatic heterocycles. The third-order valence-corrected chi connectivity index (χ3v) is 8.72. The molecule has 28 heavy (non-hydrogen) atoms. The average molecular weight is 380 g/mol. The third-order valence-electron chi connectivity index (χ3n) is 8.72. The summed E-state index contributed by atoms with van der Waals surface area (Å²) >= 11 is 0. The molecule has 1 amide bonds. The number of hydrogen-bond acceptors (Lipinski definition) is 2. The van der Waals surface area contributed by atoms with Gasteiger partial charge in [0, 0.05) is 17.5 Å². The van der Waals surface area contributed by atoms with E-state index in [-0.39, 0.29) is 11.3 Å². The van der Waals surface area contributed by atoms with Gasteiger partial charge < -0.3 is 10.1 Å². The predicted molar refractivity (Wildman–Crippen MR) is 111 cm³/mol. The van der Waals surface area contributed by atoms with E-state index >= 15 is 0 Å². The van der Waals surface area contributed by atoms with E-state index in [4.69, 9.17) is 4.74 Å². The summed E-state index contributed by atoms with van der Waals surface area (Å²) in [5, 5.41) is 3.23. The molecule has 150 valence electrons. The predicted octanol–water partition coefficient (Wildman–Crippen LogP) is 5.33. The molecule has 1 heterocycles. The molecular weight excluding hydrogens is 346 g/mol. The maximum Gasteiger partial charge on any atom is 0.224 e. The molecule has 5 rings (SSSR count). The number of allylic oxidation sites excluding steroid dienone is 2. The highest BCUT2D eigenvalue weighted by Gasteiger charge is 2.59. The Bertz CT molecular complexity index is 802. The van der Waals surface area contributed by atoms with Gasteiger partial charge in [-0.2, -0.15) is 0 Å². The van der Waals surface area contributed by atoms with Crippen LogP contribution in [0.3, 0.4) is 0 Å². The number of carbonyl (C=O) groups is 1. The van der Waals surface area contributed by atoms with Crippen molar-refractivity contribution in [1.29, 1.82) is 0 Å². The van der Waals surface area contributed by atoms with E-state index in [2.05, 4.69) is 56.4 Å². The molecule has 3 fully saturated rings. The summed E-state index contributed by atoms with van der Waals surface area (Å²) in [5.74, 6) is 3.82. The Morgan fingerprint density at radius 3 is 2.68 bits per heavy atom. The molecule has 1 aromatic carbocycles. The van der Waals surface area contributed by atoms with Crippen LogP contribution in [-0.2, 0) is 4.79 Å². The number of piperidine rings is 1. The lowest BCUT2D eigenvalue weighted by Crippen LogP contribution is -2.54. The Hall–Kier alpha value is -1.77. The van der Waals surface area contributed by atoms with E-state index in [1.807, 2.05) is 6.07 Å². The van der Waals surface area contributed by atoms with Crippen molar-refractivity contribution >= 4 is 5.91 Å². The zero-order valence-electron chi connectivity index (χ0n) is 17.4. The first kappa shape index (κ1) is 18.3. The van der Waals surface area contributed by atoms with E-state index in [0.717, 1.165) is 12.2 Å². The van der Waals surface area contributed by atoms with Crippen molar-refractivity contribution < 1.29 is 9.53 Å². The minimum Gasteiger partial charge on any atom is -0.490 e. The average Bonchev–Trinajstić information content (AvgIpc) is 3.00. The minimum atomic E-state index is 0.144. The van der Waals surface area contributed by atoms with E-state index in [1.165, 1.54) is 31.4 Å². The van der Waals surface area contributed by atoms with Gasteiger partial charge in [0.25, 0.3) is 0 Å². The Morgan fingerprint density at radius 1 is 1.11 bits per heavy atom. The van der Waals surface area contributed by atoms with Crippen LogP contribution in [0.15, 0.2) is 42.1 Å². The first-order valence-corrected chi connectivity index (χ1v) is 11.1. The number of fused-ring (bicyclic) bond motifs is 5. The summed E-state index contributed by atoms with van der Waals surface area (Å²) in [6.45, 7) is 7.30. The number of amides is 1. The first-order valence-electron chi connectivity index (χ1n) is 11.1. The number of ether oxygens (including phenoxy) is 1. The quantitative estimate of drug-likeness (QED) is 0.754. The SMILES string of the molecule is CC1C=C2NC(=O)CC[C@]2(C)[C@@H]2CC[C@]3(C)CC(Oc4ccccc4)C[C@H]3[C@H]12. The van der Waals surface area contributed by atoms with Crippen LogP contribution in [0, 0.1) is 34.5 Å². The van der Waals surface area contributed by atoms with Crippen molar-refractivity contribution in [3.63, 3.8) is 0 Å². The topological polar surface area (TPSA) is 38.3 Å². The fourth-order valence-electron chi connectivity index (χ4n) is 7.30. The highest BCUT2D eigenvalue weighted by Crippen LogP contribution is 2.65. The number of nitrogens with one attached hydrogen (secondary N) is 1. The number of carbonyl (C=O) groups excluding carboxylic acids is 1. The van der Waals surface area contributed by atoms with Gasteiger partial charge in [-0.3, -0.25) is 4.79 Å². The van der Waals surface area contributed by atoms with E-state index in [1.54, 1.807) is 0 Å². The highest BCUT2D eigenvalue weighted by atomic mass is 16.5. The lowest BCUT2D eigenvalue weighted by atomic mass is 9.48. The number of rotatable bonds is 2. The van der Waals surface area contributed by atoms with Crippen LogP contribution >= 0.6 is 0 Å². The summed E-state index contributed by atoms with van der Waals surface area (Å²) in [6.07, 6.45) is 9.32. The molecule has 0 radical (unpaired) electrons. The van der Waals surface area contributed by atoms with Gasteiger partial charge in [0.15, 0.2) is 0 Å². The fourth-order valence-corrected chi connectivity index (χ4v) is 7.30. The van der Waals surface area contributed by atoms with Crippen molar-refractivity contribution in [1.82, 2.24) is 5.32 Å². The van der Waals surface area contributed by atoms with Gasteiger partial charge in [0.1, 0.15) is 5.75 Å². The Labute approximate surface area is 168 Å². The van der Waals surface area contributed by atoms with Crippen LogP contribution in [0.25, 0.3) is 0 Å². The van der Waals surface area contributed by atoms with Crippen molar-refractivity contribution in [3.8, 4) is 5.75 Å². The molecule has 1 N–H and O–H groups in total. The molecule has 3 nitrogen and oxygen atoms in total. The minimum absolute atomic E-state index is 0.144. The zero-order chi connectivity index (χ0) is 19.5. The molecule has 0 spiro atoms. The smallest absolute Gasteiger partial charge is 0.224 e. The second-order valence-corrected chi connectivity index (χ2v) is 10.4. The summed E-state index contributed by atoms with van der Waals surface area (Å²) < 4.78 is 6.42. The maximum absolute atomic E-state index is 12.0. The Morgan fingerprint density at radius 2 is 1.89 bits per heavy atom. The summed E-state index contributed by atoms with van der Waals surface area (Å²) in [7, 11) is 0. The van der Waals surface area contributed by atoms with Gasteiger partial charge in [-0.25, -0.2) is 0 Å². The molecule has 1 saturated heterocycles. The third kappa shape index (κ3) is 2.73. The molecule has 7 atom stereocenters. The first-order chi connectivity index (χ1) is 13.4. The molecular formula is C25H33NO2. The van der Waals surface area contributed by atoms with E-state index < -0.39 is 0 Å². The maximum atomic E-state index is 12.0. The van der Waals surface area contributed by atoms with Crippen LogP contribution in [-0.4, -0.2) is 12.0 Å². The van der Waals surface area contributed by atoms with Gasteiger partial charge in [-0.05, 0) is 73.3 Å². The highest BCUT2D eigenvalue weighted by molar-refractivity contribution is 5.79. The van der Waals surface area contributed by atoms with Gasteiger partial charge in [-0.1, -0.05) is 45.0 Å². The van der Waals surface area contributed by atoms with Crippen molar-refractivity contribution in [3.05, 3.63) is 42.1 Å². The Kier molecular flexibility index (Phi) is 4.16. The van der Waals surface area contributed by atoms with Gasteiger partial charge in [0.2, 0.25) is 5.91 Å². The monoisotopic (exact) mass is 379 g/mol. The second-order valence-electron chi connectivity index (χ2n) is 10.4. The standard InChI is InChI=1S/C25H33NO2/c1-16-13-21-25(3,12-10-22(27)26-21)19-9-11-24(2)15-18(14-20(24)23(16)19)28-17-7-5-4-6-8-17/h4-8,13,16,18-20,23H,9-12,14-15H2,1-3H3,(H,26,27)/t16?,18?,19-,20+,23-,24-,25-/m1/s1. The summed E-state index contributed by atoms with van der Waals surface area (Å²) in [5.41, 5.74) is 1.75. The number of hydrogen-bond donors (Lipinski definition) is 1. The molecule has 3 aliphatic carbocycles. The molecule has 0 aromatic heterocycles. The van der Waals surface area contributed by atoms with Gasteiger partial charge in [0.05, 0.1) is 6.10 Å². The van der Waals surface area contributed by atoms with Crippen LogP contribution in [0.2, 0.25) is 0 Å². The molecule has 2 saturated carbocycles.